The van der Waals surface area contributed by atoms with E-state index in [4.69, 9.17) is 0 Å². The molecule has 0 bridgehead atoms. The number of hydrogen-bond donors (Lipinski definition) is 0. The average molecular weight is 363 g/mol. The first-order valence-corrected chi connectivity index (χ1v) is 10.2. The number of pyridine rings is 1. The Morgan fingerprint density at radius 1 is 1.11 bits per heavy atom. The highest BCUT2D eigenvalue weighted by molar-refractivity contribution is 5.91. The van der Waals surface area contributed by atoms with Crippen molar-refractivity contribution in [3.05, 3.63) is 59.2 Å². The summed E-state index contributed by atoms with van der Waals surface area (Å²) < 4.78 is 13.8. The quantitative estimate of drug-likeness (QED) is 0.644. The fourth-order valence-corrected chi connectivity index (χ4v) is 6.53. The fourth-order valence-electron chi connectivity index (χ4n) is 6.53. The van der Waals surface area contributed by atoms with Gasteiger partial charge in [-0.15, -0.1) is 0 Å². The number of aromatic nitrogens is 1. The smallest absolute Gasteiger partial charge is 0.155 e. The van der Waals surface area contributed by atoms with Gasteiger partial charge in [-0.05, 0) is 72.6 Å². The molecule has 140 valence electrons. The number of carbonyl (C=O) groups is 1. The lowest BCUT2D eigenvalue weighted by Crippen LogP contribution is -2.47. The second kappa shape index (κ2) is 5.73. The van der Waals surface area contributed by atoms with E-state index in [1.807, 2.05) is 6.08 Å². The van der Waals surface area contributed by atoms with Crippen molar-refractivity contribution in [1.29, 1.82) is 0 Å². The van der Waals surface area contributed by atoms with Gasteiger partial charge >= 0.3 is 0 Å². The Balaban J connectivity index is 1.50. The first kappa shape index (κ1) is 17.1. The Hall–Kier alpha value is -2.03. The Kier molecular flexibility index (Phi) is 3.63. The van der Waals surface area contributed by atoms with Crippen LogP contribution in [0.15, 0.2) is 47.8 Å². The van der Waals surface area contributed by atoms with Gasteiger partial charge in [0.15, 0.2) is 5.78 Å². The van der Waals surface area contributed by atoms with Gasteiger partial charge in [0, 0.05) is 18.0 Å². The third-order valence-electron chi connectivity index (χ3n) is 8.02. The SMILES string of the molecule is CC12CCC3C(CCC4=CC(=O)CCC43C)C1=CC=C2c1cncc(F)c1. The zero-order valence-electron chi connectivity index (χ0n) is 16.1. The van der Waals surface area contributed by atoms with Crippen LogP contribution in [-0.4, -0.2) is 10.8 Å². The van der Waals surface area contributed by atoms with Gasteiger partial charge in [0.1, 0.15) is 5.82 Å². The fraction of sp³-hybridized carbons (Fsp3) is 0.500. The van der Waals surface area contributed by atoms with Gasteiger partial charge < -0.3 is 0 Å². The van der Waals surface area contributed by atoms with E-state index in [2.05, 4.69) is 31.0 Å². The molecule has 4 aliphatic rings. The number of ketones is 1. The Labute approximate surface area is 160 Å². The Bertz CT molecular complexity index is 926. The highest BCUT2D eigenvalue weighted by Crippen LogP contribution is 2.65. The molecule has 27 heavy (non-hydrogen) atoms. The summed E-state index contributed by atoms with van der Waals surface area (Å²) in [6.45, 7) is 4.72. The summed E-state index contributed by atoms with van der Waals surface area (Å²) in [6, 6.07) is 1.61. The average Bonchev–Trinajstić information content (AvgIpc) is 2.99. The van der Waals surface area contributed by atoms with E-state index in [1.165, 1.54) is 29.3 Å². The molecule has 1 heterocycles. The van der Waals surface area contributed by atoms with E-state index in [-0.39, 0.29) is 16.6 Å². The molecule has 3 heteroatoms. The molecule has 4 unspecified atom stereocenters. The number of nitrogens with zero attached hydrogens (tertiary/aromatic N) is 1. The summed E-state index contributed by atoms with van der Waals surface area (Å²) in [7, 11) is 0. The van der Waals surface area contributed by atoms with Gasteiger partial charge in [-0.25, -0.2) is 4.39 Å². The zero-order chi connectivity index (χ0) is 18.8. The van der Waals surface area contributed by atoms with Crippen molar-refractivity contribution in [2.75, 3.05) is 0 Å². The molecule has 1 aromatic heterocycles. The Morgan fingerprint density at radius 3 is 2.78 bits per heavy atom. The minimum Gasteiger partial charge on any atom is -0.295 e. The predicted octanol–water partition coefficient (Wildman–Crippen LogP) is 5.67. The van der Waals surface area contributed by atoms with Crippen LogP contribution in [0.4, 0.5) is 4.39 Å². The minimum atomic E-state index is -0.272. The van der Waals surface area contributed by atoms with Crippen molar-refractivity contribution in [2.24, 2.45) is 22.7 Å². The Morgan fingerprint density at radius 2 is 1.96 bits per heavy atom. The van der Waals surface area contributed by atoms with Crippen LogP contribution in [0.5, 0.6) is 0 Å². The molecule has 2 nitrogen and oxygen atoms in total. The summed E-state index contributed by atoms with van der Waals surface area (Å²) in [4.78, 5) is 16.0. The zero-order valence-corrected chi connectivity index (χ0v) is 16.1. The maximum Gasteiger partial charge on any atom is 0.155 e. The van der Waals surface area contributed by atoms with Crippen LogP contribution in [-0.2, 0) is 4.79 Å². The third-order valence-corrected chi connectivity index (χ3v) is 8.02. The van der Waals surface area contributed by atoms with Gasteiger partial charge in [-0.3, -0.25) is 9.78 Å². The summed E-state index contributed by atoms with van der Waals surface area (Å²) in [5.74, 6) is 1.22. The lowest BCUT2D eigenvalue weighted by molar-refractivity contribution is -0.116. The largest absolute Gasteiger partial charge is 0.295 e. The number of halogens is 1. The molecule has 2 fully saturated rings. The standard InChI is InChI=1S/C24H26FNO/c1-23-9-7-18(27)12-16(23)3-4-19-21-6-5-20(15-11-17(25)14-26-13-15)24(21,2)10-8-22(19)23/h5-6,11-14,19,22H,3-4,7-10H2,1-2H3. The molecular formula is C24H26FNO. The van der Waals surface area contributed by atoms with E-state index in [9.17, 15) is 9.18 Å². The van der Waals surface area contributed by atoms with Crippen molar-refractivity contribution in [2.45, 2.75) is 52.4 Å². The second-order valence-corrected chi connectivity index (χ2v) is 9.27. The molecule has 1 aromatic rings. The molecule has 4 aliphatic carbocycles. The van der Waals surface area contributed by atoms with Crippen LogP contribution in [0, 0.1) is 28.5 Å². The summed E-state index contributed by atoms with van der Waals surface area (Å²) in [5, 5.41) is 0. The van der Waals surface area contributed by atoms with E-state index >= 15 is 0 Å². The molecule has 0 aliphatic heterocycles. The van der Waals surface area contributed by atoms with Crippen LogP contribution in [0.25, 0.3) is 5.57 Å². The summed E-state index contributed by atoms with van der Waals surface area (Å²) >= 11 is 0. The molecule has 0 amide bonds. The molecule has 5 rings (SSSR count). The van der Waals surface area contributed by atoms with Crippen molar-refractivity contribution in [1.82, 2.24) is 4.98 Å². The van der Waals surface area contributed by atoms with Crippen molar-refractivity contribution < 1.29 is 9.18 Å². The lowest BCUT2D eigenvalue weighted by Gasteiger charge is -2.56. The highest BCUT2D eigenvalue weighted by atomic mass is 19.1. The molecular weight excluding hydrogens is 337 g/mol. The van der Waals surface area contributed by atoms with Gasteiger partial charge in [-0.1, -0.05) is 37.1 Å². The molecule has 0 radical (unpaired) electrons. The third kappa shape index (κ3) is 2.36. The maximum absolute atomic E-state index is 13.8. The summed E-state index contributed by atoms with van der Waals surface area (Å²) in [5.41, 5.74) is 5.20. The van der Waals surface area contributed by atoms with E-state index in [0.29, 0.717) is 24.0 Å². The van der Waals surface area contributed by atoms with Crippen molar-refractivity contribution in [3.63, 3.8) is 0 Å². The monoisotopic (exact) mass is 363 g/mol. The van der Waals surface area contributed by atoms with Gasteiger partial charge in [0.2, 0.25) is 0 Å². The van der Waals surface area contributed by atoms with Crippen LogP contribution in [0.1, 0.15) is 57.9 Å². The predicted molar refractivity (Wildman–Crippen MR) is 104 cm³/mol. The van der Waals surface area contributed by atoms with Gasteiger partial charge in [0.25, 0.3) is 0 Å². The molecule has 0 spiro atoms. The van der Waals surface area contributed by atoms with E-state index < -0.39 is 0 Å². The number of carbonyl (C=O) groups excluding carboxylic acids is 1. The molecule has 0 aromatic carbocycles. The number of rotatable bonds is 1. The normalized spacial score (nSPS) is 37.6. The van der Waals surface area contributed by atoms with Gasteiger partial charge in [0.05, 0.1) is 6.20 Å². The molecule has 0 N–H and O–H groups in total. The van der Waals surface area contributed by atoms with Crippen LogP contribution >= 0.6 is 0 Å². The second-order valence-electron chi connectivity index (χ2n) is 9.27. The first-order valence-electron chi connectivity index (χ1n) is 10.2. The van der Waals surface area contributed by atoms with Crippen LogP contribution < -0.4 is 0 Å². The highest BCUT2D eigenvalue weighted by Gasteiger charge is 2.54. The van der Waals surface area contributed by atoms with Crippen LogP contribution in [0.2, 0.25) is 0 Å². The molecule has 4 atom stereocenters. The van der Waals surface area contributed by atoms with Crippen molar-refractivity contribution in [3.8, 4) is 0 Å². The topological polar surface area (TPSA) is 30.0 Å². The number of fused-ring (bicyclic) bond motifs is 5. The van der Waals surface area contributed by atoms with Crippen LogP contribution in [0.3, 0.4) is 0 Å². The maximum atomic E-state index is 13.8. The van der Waals surface area contributed by atoms with E-state index in [1.54, 1.807) is 12.3 Å². The molecule has 2 saturated carbocycles. The minimum absolute atomic E-state index is 0.0152. The molecule has 0 saturated heterocycles. The lowest BCUT2D eigenvalue weighted by atomic mass is 9.48. The number of hydrogen-bond acceptors (Lipinski definition) is 2. The van der Waals surface area contributed by atoms with E-state index in [0.717, 1.165) is 31.2 Å². The summed E-state index contributed by atoms with van der Waals surface area (Å²) in [6.07, 6.45) is 15.6. The number of allylic oxidation sites excluding steroid dienone is 6. The van der Waals surface area contributed by atoms with Gasteiger partial charge in [-0.2, -0.15) is 0 Å². The van der Waals surface area contributed by atoms with Crippen molar-refractivity contribution >= 4 is 11.4 Å². The first-order chi connectivity index (χ1) is 12.9.